The zero-order valence-electron chi connectivity index (χ0n) is 11.4. The zero-order valence-corrected chi connectivity index (χ0v) is 11.4. The van der Waals surface area contributed by atoms with Crippen LogP contribution in [-0.4, -0.2) is 12.6 Å². The third kappa shape index (κ3) is 3.35. The number of benzene rings is 2. The van der Waals surface area contributed by atoms with Crippen LogP contribution in [0.25, 0.3) is 0 Å². The van der Waals surface area contributed by atoms with Crippen LogP contribution in [0.2, 0.25) is 0 Å². The molecule has 4 heteroatoms. The highest BCUT2D eigenvalue weighted by Gasteiger charge is 2.07. The molecular weight excluding hydrogens is 257 g/mol. The van der Waals surface area contributed by atoms with Gasteiger partial charge in [-0.25, -0.2) is 9.18 Å². The van der Waals surface area contributed by atoms with Gasteiger partial charge in [-0.3, -0.25) is 0 Å². The largest absolute Gasteiger partial charge is 0.462 e. The van der Waals surface area contributed by atoms with Gasteiger partial charge < -0.3 is 10.1 Å². The number of hydrogen-bond acceptors (Lipinski definition) is 3. The van der Waals surface area contributed by atoms with Crippen molar-refractivity contribution in [3.05, 3.63) is 59.4 Å². The van der Waals surface area contributed by atoms with Crippen molar-refractivity contribution in [3.63, 3.8) is 0 Å². The molecule has 0 atom stereocenters. The molecule has 0 heterocycles. The summed E-state index contributed by atoms with van der Waals surface area (Å²) >= 11 is 0. The van der Waals surface area contributed by atoms with Crippen LogP contribution in [0.15, 0.2) is 42.5 Å². The first-order valence-electron chi connectivity index (χ1n) is 6.40. The number of rotatable bonds is 4. The average molecular weight is 273 g/mol. The quantitative estimate of drug-likeness (QED) is 0.854. The van der Waals surface area contributed by atoms with Gasteiger partial charge in [0.25, 0.3) is 0 Å². The van der Waals surface area contributed by atoms with Crippen molar-refractivity contribution in [1.82, 2.24) is 0 Å². The van der Waals surface area contributed by atoms with E-state index in [1.165, 1.54) is 12.1 Å². The van der Waals surface area contributed by atoms with Crippen LogP contribution in [0.5, 0.6) is 0 Å². The highest BCUT2D eigenvalue weighted by Crippen LogP contribution is 2.22. The number of carbonyl (C=O) groups is 1. The fourth-order valence-electron chi connectivity index (χ4n) is 1.86. The summed E-state index contributed by atoms with van der Waals surface area (Å²) in [5.41, 5.74) is 2.83. The van der Waals surface area contributed by atoms with Crippen molar-refractivity contribution in [2.45, 2.75) is 13.8 Å². The minimum Gasteiger partial charge on any atom is -0.462 e. The van der Waals surface area contributed by atoms with E-state index in [0.717, 1.165) is 16.9 Å². The highest BCUT2D eigenvalue weighted by molar-refractivity contribution is 5.90. The lowest BCUT2D eigenvalue weighted by Crippen LogP contribution is -2.05. The fraction of sp³-hybridized carbons (Fsp3) is 0.188. The van der Waals surface area contributed by atoms with Gasteiger partial charge in [0.2, 0.25) is 0 Å². The number of hydrogen-bond donors (Lipinski definition) is 1. The van der Waals surface area contributed by atoms with E-state index in [2.05, 4.69) is 5.32 Å². The summed E-state index contributed by atoms with van der Waals surface area (Å²) in [6.07, 6.45) is 0. The van der Waals surface area contributed by atoms with Crippen molar-refractivity contribution >= 4 is 17.3 Å². The molecule has 2 rings (SSSR count). The molecule has 0 spiro atoms. The minimum atomic E-state index is -0.355. The first kappa shape index (κ1) is 14.1. The van der Waals surface area contributed by atoms with Crippen LogP contribution in [0.1, 0.15) is 22.8 Å². The number of ether oxygens (including phenoxy) is 1. The Kier molecular flexibility index (Phi) is 4.35. The molecule has 0 aliphatic carbocycles. The van der Waals surface area contributed by atoms with Crippen LogP contribution in [0.4, 0.5) is 15.8 Å². The van der Waals surface area contributed by atoms with Crippen LogP contribution < -0.4 is 5.32 Å². The first-order chi connectivity index (χ1) is 9.60. The molecule has 0 aromatic heterocycles. The van der Waals surface area contributed by atoms with E-state index >= 15 is 0 Å². The standard InChI is InChI=1S/C16H16FNO2/c1-3-20-16(19)12-5-4-6-14(10-12)18-15-8-7-13(17)9-11(15)2/h4-10,18H,3H2,1-2H3. The molecule has 0 fully saturated rings. The van der Waals surface area contributed by atoms with Gasteiger partial charge in [-0.2, -0.15) is 0 Å². The molecule has 0 aliphatic heterocycles. The Morgan fingerprint density at radius 1 is 1.25 bits per heavy atom. The molecule has 0 amide bonds. The van der Waals surface area contributed by atoms with E-state index in [0.29, 0.717) is 12.2 Å². The topological polar surface area (TPSA) is 38.3 Å². The predicted molar refractivity (Wildman–Crippen MR) is 76.8 cm³/mol. The van der Waals surface area contributed by atoms with Gasteiger partial charge in [-0.1, -0.05) is 6.07 Å². The molecule has 0 radical (unpaired) electrons. The van der Waals surface area contributed by atoms with Crippen LogP contribution in [0, 0.1) is 12.7 Å². The van der Waals surface area contributed by atoms with Gasteiger partial charge in [0.15, 0.2) is 0 Å². The Bertz CT molecular complexity index is 626. The van der Waals surface area contributed by atoms with Crippen LogP contribution >= 0.6 is 0 Å². The summed E-state index contributed by atoms with van der Waals surface area (Å²) in [4.78, 5) is 11.7. The van der Waals surface area contributed by atoms with E-state index in [-0.39, 0.29) is 11.8 Å². The van der Waals surface area contributed by atoms with Gasteiger partial charge >= 0.3 is 5.97 Å². The molecule has 3 nitrogen and oxygen atoms in total. The van der Waals surface area contributed by atoms with Crippen molar-refractivity contribution in [1.29, 1.82) is 0 Å². The van der Waals surface area contributed by atoms with Crippen LogP contribution in [0.3, 0.4) is 0 Å². The second kappa shape index (κ2) is 6.19. The first-order valence-corrected chi connectivity index (χ1v) is 6.40. The van der Waals surface area contributed by atoms with Crippen molar-refractivity contribution in [3.8, 4) is 0 Å². The van der Waals surface area contributed by atoms with Gasteiger partial charge in [0.05, 0.1) is 12.2 Å². The summed E-state index contributed by atoms with van der Waals surface area (Å²) in [6.45, 7) is 3.93. The van der Waals surface area contributed by atoms with E-state index in [4.69, 9.17) is 4.74 Å². The van der Waals surface area contributed by atoms with Crippen LogP contribution in [-0.2, 0) is 4.74 Å². The highest BCUT2D eigenvalue weighted by atomic mass is 19.1. The van der Waals surface area contributed by atoms with Crippen molar-refractivity contribution < 1.29 is 13.9 Å². The fourth-order valence-corrected chi connectivity index (χ4v) is 1.86. The zero-order chi connectivity index (χ0) is 14.5. The third-order valence-electron chi connectivity index (χ3n) is 2.84. The van der Waals surface area contributed by atoms with E-state index < -0.39 is 0 Å². The molecule has 2 aromatic rings. The Morgan fingerprint density at radius 2 is 2.05 bits per heavy atom. The lowest BCUT2D eigenvalue weighted by Gasteiger charge is -2.10. The number of halogens is 1. The number of esters is 1. The molecule has 2 aromatic carbocycles. The van der Waals surface area contributed by atoms with E-state index in [1.54, 1.807) is 31.2 Å². The molecule has 0 saturated heterocycles. The lowest BCUT2D eigenvalue weighted by molar-refractivity contribution is 0.0526. The molecule has 0 saturated carbocycles. The molecule has 0 aliphatic rings. The Labute approximate surface area is 117 Å². The molecule has 0 unspecified atom stereocenters. The van der Waals surface area contributed by atoms with Gasteiger partial charge in [-0.05, 0) is 55.8 Å². The van der Waals surface area contributed by atoms with E-state index in [1.807, 2.05) is 13.0 Å². The predicted octanol–water partition coefficient (Wildman–Crippen LogP) is 4.05. The summed E-state index contributed by atoms with van der Waals surface area (Å²) < 4.78 is 18.0. The van der Waals surface area contributed by atoms with Crippen molar-refractivity contribution in [2.75, 3.05) is 11.9 Å². The number of nitrogens with one attached hydrogen (secondary N) is 1. The molecule has 0 bridgehead atoms. The smallest absolute Gasteiger partial charge is 0.338 e. The van der Waals surface area contributed by atoms with Gasteiger partial charge in [-0.15, -0.1) is 0 Å². The van der Waals surface area contributed by atoms with Gasteiger partial charge in [0, 0.05) is 11.4 Å². The molecule has 104 valence electrons. The number of carbonyl (C=O) groups excluding carboxylic acids is 1. The van der Waals surface area contributed by atoms with Crippen molar-refractivity contribution in [2.24, 2.45) is 0 Å². The molecule has 20 heavy (non-hydrogen) atoms. The Hall–Kier alpha value is -2.36. The SMILES string of the molecule is CCOC(=O)c1cccc(Nc2ccc(F)cc2C)c1. The number of aryl methyl sites for hydroxylation is 1. The second-order valence-electron chi connectivity index (χ2n) is 4.39. The summed E-state index contributed by atoms with van der Waals surface area (Å²) in [6, 6.07) is 11.5. The number of anilines is 2. The maximum atomic E-state index is 13.1. The normalized spacial score (nSPS) is 10.2. The Balaban J connectivity index is 2.21. The monoisotopic (exact) mass is 273 g/mol. The third-order valence-corrected chi connectivity index (χ3v) is 2.84. The summed E-state index contributed by atoms with van der Waals surface area (Å²) in [5.74, 6) is -0.625. The average Bonchev–Trinajstić information content (AvgIpc) is 2.43. The van der Waals surface area contributed by atoms with E-state index in [9.17, 15) is 9.18 Å². The molecular formula is C16H16FNO2. The minimum absolute atomic E-state index is 0.270. The Morgan fingerprint density at radius 3 is 2.75 bits per heavy atom. The molecule has 1 N–H and O–H groups in total. The van der Waals surface area contributed by atoms with Gasteiger partial charge in [0.1, 0.15) is 5.82 Å². The second-order valence-corrected chi connectivity index (χ2v) is 4.39. The summed E-state index contributed by atoms with van der Waals surface area (Å²) in [5, 5.41) is 3.16. The maximum Gasteiger partial charge on any atom is 0.338 e. The lowest BCUT2D eigenvalue weighted by atomic mass is 10.1. The maximum absolute atomic E-state index is 13.1. The summed E-state index contributed by atoms with van der Waals surface area (Å²) in [7, 11) is 0.